The van der Waals surface area contributed by atoms with Crippen LogP contribution < -0.4 is 0 Å². The largest absolute Gasteiger partial charge is 0.461 e. The number of unbranched alkanes of at least 4 members (excludes halogenated alkanes) is 2. The van der Waals surface area contributed by atoms with Gasteiger partial charge in [-0.25, -0.2) is 4.79 Å². The zero-order valence-corrected chi connectivity index (χ0v) is 17.6. The maximum Gasteiger partial charge on any atom is 0.355 e. The molecule has 0 saturated carbocycles. The lowest BCUT2D eigenvalue weighted by atomic mass is 9.93. The molecule has 2 heterocycles. The first-order chi connectivity index (χ1) is 14.2. The fourth-order valence-corrected chi connectivity index (χ4v) is 4.43. The van der Waals surface area contributed by atoms with E-state index in [0.717, 1.165) is 23.2 Å². The maximum absolute atomic E-state index is 12.7. The van der Waals surface area contributed by atoms with Crippen molar-refractivity contribution in [3.63, 3.8) is 0 Å². The van der Waals surface area contributed by atoms with Crippen molar-refractivity contribution in [2.24, 2.45) is 0 Å². The van der Waals surface area contributed by atoms with Gasteiger partial charge in [0.15, 0.2) is 0 Å². The van der Waals surface area contributed by atoms with E-state index < -0.39 is 0 Å². The average molecular weight is 388 g/mol. The van der Waals surface area contributed by atoms with Gasteiger partial charge in [-0.3, -0.25) is 0 Å². The summed E-state index contributed by atoms with van der Waals surface area (Å²) in [4.78, 5) is 12.7. The highest BCUT2D eigenvalue weighted by Gasteiger charge is 2.33. The summed E-state index contributed by atoms with van der Waals surface area (Å²) < 4.78 is 7.47. The van der Waals surface area contributed by atoms with Crippen LogP contribution in [-0.4, -0.2) is 17.1 Å². The molecule has 3 heteroatoms. The Labute approximate surface area is 173 Å². The van der Waals surface area contributed by atoms with Crippen molar-refractivity contribution in [3.05, 3.63) is 77.1 Å². The van der Waals surface area contributed by atoms with Crippen LogP contribution in [0.4, 0.5) is 0 Å². The van der Waals surface area contributed by atoms with Crippen molar-refractivity contribution in [2.45, 2.75) is 52.4 Å². The fraction of sp³-hybridized carbons (Fsp3) is 0.346. The van der Waals surface area contributed by atoms with Gasteiger partial charge in [-0.15, -0.1) is 0 Å². The summed E-state index contributed by atoms with van der Waals surface area (Å²) in [6.07, 6.45) is 4.87. The van der Waals surface area contributed by atoms with Gasteiger partial charge in [-0.2, -0.15) is 0 Å². The summed E-state index contributed by atoms with van der Waals surface area (Å²) in [5, 5.41) is 0. The summed E-state index contributed by atoms with van der Waals surface area (Å²) in [6.45, 7) is 6.67. The highest BCUT2D eigenvalue weighted by Crippen LogP contribution is 2.45. The van der Waals surface area contributed by atoms with Gasteiger partial charge in [-0.05, 0) is 48.6 Å². The highest BCUT2D eigenvalue weighted by atomic mass is 16.5. The third-order valence-electron chi connectivity index (χ3n) is 5.91. The van der Waals surface area contributed by atoms with E-state index in [1.165, 1.54) is 36.1 Å². The van der Waals surface area contributed by atoms with Gasteiger partial charge < -0.3 is 9.30 Å². The van der Waals surface area contributed by atoms with Gasteiger partial charge in [0.2, 0.25) is 0 Å². The molecule has 2 aromatic carbocycles. The molecule has 1 aliphatic heterocycles. The van der Waals surface area contributed by atoms with Crippen LogP contribution in [0.1, 0.15) is 73.3 Å². The predicted octanol–water partition coefficient (Wildman–Crippen LogP) is 6.52. The smallest absolute Gasteiger partial charge is 0.355 e. The second-order valence-corrected chi connectivity index (χ2v) is 7.82. The van der Waals surface area contributed by atoms with Crippen molar-refractivity contribution in [3.8, 4) is 16.8 Å². The number of ether oxygens (including phenoxy) is 1. The molecule has 0 N–H and O–H groups in total. The number of carbonyl (C=O) groups is 1. The molecule has 0 fully saturated rings. The second kappa shape index (κ2) is 8.28. The number of para-hydroxylation sites is 1. The monoisotopic (exact) mass is 387 g/mol. The van der Waals surface area contributed by atoms with E-state index in [2.05, 4.69) is 60.9 Å². The summed E-state index contributed by atoms with van der Waals surface area (Å²) in [5.41, 5.74) is 7.78. The lowest BCUT2D eigenvalue weighted by molar-refractivity contribution is 0.0517. The average Bonchev–Trinajstić information content (AvgIpc) is 3.27. The van der Waals surface area contributed by atoms with E-state index in [9.17, 15) is 4.79 Å². The molecule has 1 unspecified atom stereocenters. The molecular formula is C26H29NO2. The van der Waals surface area contributed by atoms with Crippen molar-refractivity contribution in [1.29, 1.82) is 0 Å². The summed E-state index contributed by atoms with van der Waals surface area (Å²) in [5.74, 6) is -0.0336. The van der Waals surface area contributed by atoms with Crippen LogP contribution in [0, 0.1) is 0 Å². The summed E-state index contributed by atoms with van der Waals surface area (Å²) in [7, 11) is 0. The van der Waals surface area contributed by atoms with Gasteiger partial charge in [0.25, 0.3) is 0 Å². The van der Waals surface area contributed by atoms with Crippen LogP contribution in [0.2, 0.25) is 0 Å². The van der Waals surface area contributed by atoms with Gasteiger partial charge in [-0.1, -0.05) is 69.2 Å². The molecule has 29 heavy (non-hydrogen) atoms. The minimum Gasteiger partial charge on any atom is -0.461 e. The van der Waals surface area contributed by atoms with Crippen LogP contribution in [0.5, 0.6) is 0 Å². The van der Waals surface area contributed by atoms with Crippen LogP contribution in [0.3, 0.4) is 0 Å². The third kappa shape index (κ3) is 3.50. The van der Waals surface area contributed by atoms with E-state index in [4.69, 9.17) is 4.74 Å². The number of fused-ring (bicyclic) bond motifs is 3. The van der Waals surface area contributed by atoms with E-state index in [0.29, 0.717) is 12.3 Å². The number of aromatic nitrogens is 1. The SMILES string of the molecule is CCCCCc1ccc(-c2cc(C(=O)OCC)n3c2C(C)c2ccccc2-3)cc1. The number of carbonyl (C=O) groups excluding carboxylic acids is 1. The second-order valence-electron chi connectivity index (χ2n) is 7.82. The Hall–Kier alpha value is -2.81. The summed E-state index contributed by atoms with van der Waals surface area (Å²) in [6, 6.07) is 19.2. The predicted molar refractivity (Wildman–Crippen MR) is 118 cm³/mol. The Bertz CT molecular complexity index is 1010. The minimum absolute atomic E-state index is 0.230. The molecule has 3 aromatic rings. The molecule has 150 valence electrons. The van der Waals surface area contributed by atoms with Gasteiger partial charge >= 0.3 is 5.97 Å². The molecule has 4 rings (SSSR count). The molecule has 0 radical (unpaired) electrons. The fourth-order valence-electron chi connectivity index (χ4n) is 4.43. The first-order valence-electron chi connectivity index (χ1n) is 10.8. The number of hydrogen-bond donors (Lipinski definition) is 0. The normalized spacial score (nSPS) is 14.5. The topological polar surface area (TPSA) is 31.2 Å². The lowest BCUT2D eigenvalue weighted by Gasteiger charge is -2.09. The number of benzene rings is 2. The zero-order valence-electron chi connectivity index (χ0n) is 17.6. The Morgan fingerprint density at radius 1 is 1.03 bits per heavy atom. The zero-order chi connectivity index (χ0) is 20.4. The number of aryl methyl sites for hydroxylation is 1. The quantitative estimate of drug-likeness (QED) is 0.341. The lowest BCUT2D eigenvalue weighted by Crippen LogP contribution is -2.10. The van der Waals surface area contributed by atoms with Crippen LogP contribution in [0.25, 0.3) is 16.8 Å². The maximum atomic E-state index is 12.7. The Morgan fingerprint density at radius 2 is 1.79 bits per heavy atom. The summed E-state index contributed by atoms with van der Waals surface area (Å²) >= 11 is 0. The molecule has 1 atom stereocenters. The molecule has 3 nitrogen and oxygen atoms in total. The Morgan fingerprint density at radius 3 is 2.52 bits per heavy atom. The van der Waals surface area contributed by atoms with E-state index in [1.54, 1.807) is 0 Å². The molecular weight excluding hydrogens is 358 g/mol. The van der Waals surface area contributed by atoms with Crippen molar-refractivity contribution in [1.82, 2.24) is 4.57 Å². The minimum atomic E-state index is -0.264. The van der Waals surface area contributed by atoms with E-state index in [-0.39, 0.29) is 11.9 Å². The molecule has 0 aliphatic carbocycles. The van der Waals surface area contributed by atoms with Crippen molar-refractivity contribution >= 4 is 5.97 Å². The number of hydrogen-bond acceptors (Lipinski definition) is 2. The first kappa shape index (κ1) is 19.5. The number of rotatable bonds is 7. The van der Waals surface area contributed by atoms with Crippen molar-refractivity contribution in [2.75, 3.05) is 6.61 Å². The molecule has 0 amide bonds. The Kier molecular flexibility index (Phi) is 5.57. The number of nitrogens with zero attached hydrogens (tertiary/aromatic N) is 1. The van der Waals surface area contributed by atoms with E-state index in [1.807, 2.05) is 19.1 Å². The Balaban J connectivity index is 1.77. The van der Waals surface area contributed by atoms with Gasteiger partial charge in [0, 0.05) is 22.9 Å². The standard InChI is InChI=1S/C26H29NO2/c1-4-6-7-10-19-13-15-20(16-14-19)22-17-24(26(28)29-5-2)27-23-12-9-8-11-21(23)18(3)25(22)27/h8-9,11-18H,4-7,10H2,1-3H3. The van der Waals surface area contributed by atoms with Crippen LogP contribution in [0.15, 0.2) is 54.6 Å². The molecule has 1 aliphatic rings. The third-order valence-corrected chi connectivity index (χ3v) is 5.91. The molecule has 0 spiro atoms. The van der Waals surface area contributed by atoms with Crippen LogP contribution >= 0.6 is 0 Å². The van der Waals surface area contributed by atoms with Crippen molar-refractivity contribution < 1.29 is 9.53 Å². The highest BCUT2D eigenvalue weighted by molar-refractivity contribution is 5.93. The first-order valence-corrected chi connectivity index (χ1v) is 10.8. The van der Waals surface area contributed by atoms with Gasteiger partial charge in [0.05, 0.1) is 6.61 Å². The van der Waals surface area contributed by atoms with Gasteiger partial charge in [0.1, 0.15) is 5.69 Å². The molecule has 1 aromatic heterocycles. The molecule has 0 bridgehead atoms. The number of esters is 1. The molecule has 0 saturated heterocycles. The van der Waals surface area contributed by atoms with E-state index >= 15 is 0 Å². The van der Waals surface area contributed by atoms with Crippen LogP contribution in [-0.2, 0) is 11.2 Å².